The molecule has 4 nitrogen and oxygen atoms in total. The number of fused-ring (bicyclic) bond motifs is 2. The van der Waals surface area contributed by atoms with E-state index in [1.54, 1.807) is 0 Å². The van der Waals surface area contributed by atoms with Gasteiger partial charge in [-0.2, -0.15) is 0 Å². The van der Waals surface area contributed by atoms with Crippen LogP contribution in [0.25, 0.3) is 0 Å². The Kier molecular flexibility index (Phi) is 5.38. The number of nitrogens with one attached hydrogen (secondary N) is 1. The number of hydrogen-bond acceptors (Lipinski definition) is 3. The van der Waals surface area contributed by atoms with Crippen molar-refractivity contribution in [2.75, 3.05) is 18.4 Å². The van der Waals surface area contributed by atoms with E-state index in [0.717, 1.165) is 26.9 Å². The van der Waals surface area contributed by atoms with E-state index in [0.29, 0.717) is 32.5 Å². The molecule has 0 radical (unpaired) electrons. The van der Waals surface area contributed by atoms with Crippen LogP contribution in [0.1, 0.15) is 35.4 Å². The van der Waals surface area contributed by atoms with Gasteiger partial charge in [0.1, 0.15) is 0 Å². The van der Waals surface area contributed by atoms with Crippen LogP contribution in [0.3, 0.4) is 0 Å². The summed E-state index contributed by atoms with van der Waals surface area (Å²) in [6.07, 6.45) is 1.56. The highest BCUT2D eigenvalue weighted by Crippen LogP contribution is 2.37. The lowest BCUT2D eigenvalue weighted by molar-refractivity contribution is -0.132. The number of halogens is 3. The summed E-state index contributed by atoms with van der Waals surface area (Å²) in [5, 5.41) is 3.35. The molecule has 1 aliphatic carbocycles. The molecule has 4 rings (SSSR count). The van der Waals surface area contributed by atoms with Gasteiger partial charge in [-0.1, -0.05) is 22.0 Å². The molecule has 7 heteroatoms. The smallest absolute Gasteiger partial charge is 0.224 e. The Bertz CT molecular complexity index is 921. The minimum atomic E-state index is -0.856. The summed E-state index contributed by atoms with van der Waals surface area (Å²) in [7, 11) is 0. The third-order valence-electron chi connectivity index (χ3n) is 5.72. The first-order valence-corrected chi connectivity index (χ1v) is 10.2. The van der Waals surface area contributed by atoms with E-state index in [1.165, 1.54) is 12.1 Å². The first-order valence-electron chi connectivity index (χ1n) is 9.46. The molecule has 0 saturated carbocycles. The molecular formula is C21H22BrF2N3O. The molecule has 148 valence electrons. The van der Waals surface area contributed by atoms with Crippen molar-refractivity contribution in [3.05, 3.63) is 63.1 Å². The van der Waals surface area contributed by atoms with Crippen LogP contribution in [0.5, 0.6) is 0 Å². The number of nitrogens with zero attached hydrogens (tertiary/aromatic N) is 1. The van der Waals surface area contributed by atoms with Crippen molar-refractivity contribution in [1.29, 1.82) is 0 Å². The molecule has 2 aromatic carbocycles. The van der Waals surface area contributed by atoms with E-state index in [-0.39, 0.29) is 18.2 Å². The molecule has 1 heterocycles. The number of nitrogens with two attached hydrogens (primary N) is 1. The molecule has 2 aromatic rings. The standard InChI is InChI=1S/C21H22BrF2N3O/c22-14-3-1-13-11-27(6-5-26-20(13)8-14)21(28)10-19(25)15-4-2-12-7-17(23)18(24)9-16(12)15/h1,3,7-9,15,19,26H,2,4-6,10-11,25H2. The van der Waals surface area contributed by atoms with Crippen molar-refractivity contribution in [2.45, 2.75) is 37.8 Å². The Morgan fingerprint density at radius 2 is 2.04 bits per heavy atom. The van der Waals surface area contributed by atoms with Crippen LogP contribution in [-0.2, 0) is 17.8 Å². The minimum Gasteiger partial charge on any atom is -0.383 e. The van der Waals surface area contributed by atoms with Gasteiger partial charge in [-0.05, 0) is 53.8 Å². The third kappa shape index (κ3) is 3.78. The van der Waals surface area contributed by atoms with Crippen molar-refractivity contribution in [3.8, 4) is 0 Å². The number of hydrogen-bond donors (Lipinski definition) is 2. The Balaban J connectivity index is 1.46. The molecule has 1 aliphatic heterocycles. The number of amides is 1. The van der Waals surface area contributed by atoms with Crippen LogP contribution in [0.2, 0.25) is 0 Å². The van der Waals surface area contributed by atoms with Gasteiger partial charge in [0.05, 0.1) is 0 Å². The van der Waals surface area contributed by atoms with E-state index in [2.05, 4.69) is 21.2 Å². The summed E-state index contributed by atoms with van der Waals surface area (Å²) in [5.74, 6) is -1.82. The van der Waals surface area contributed by atoms with Crippen molar-refractivity contribution in [2.24, 2.45) is 5.73 Å². The average molecular weight is 450 g/mol. The predicted octanol–water partition coefficient (Wildman–Crippen LogP) is 3.93. The number of aryl methyl sites for hydroxylation is 1. The maximum absolute atomic E-state index is 13.7. The van der Waals surface area contributed by atoms with Crippen molar-refractivity contribution in [3.63, 3.8) is 0 Å². The van der Waals surface area contributed by atoms with Gasteiger partial charge in [0.2, 0.25) is 5.91 Å². The quantitative estimate of drug-likeness (QED) is 0.746. The zero-order chi connectivity index (χ0) is 19.8. The van der Waals surface area contributed by atoms with Gasteiger partial charge in [-0.15, -0.1) is 0 Å². The summed E-state index contributed by atoms with van der Waals surface area (Å²) in [6.45, 7) is 1.79. The lowest BCUT2D eigenvalue weighted by Gasteiger charge is -2.25. The summed E-state index contributed by atoms with van der Waals surface area (Å²) in [4.78, 5) is 14.7. The van der Waals surface area contributed by atoms with Gasteiger partial charge in [-0.3, -0.25) is 4.79 Å². The summed E-state index contributed by atoms with van der Waals surface area (Å²) < 4.78 is 28.1. The van der Waals surface area contributed by atoms with Crippen molar-refractivity contribution in [1.82, 2.24) is 4.90 Å². The van der Waals surface area contributed by atoms with Crippen LogP contribution in [-0.4, -0.2) is 29.9 Å². The second-order valence-corrected chi connectivity index (χ2v) is 8.44. The van der Waals surface area contributed by atoms with E-state index in [4.69, 9.17) is 5.73 Å². The fourth-order valence-corrected chi connectivity index (χ4v) is 4.58. The summed E-state index contributed by atoms with van der Waals surface area (Å²) in [6, 6.07) is 8.06. The number of anilines is 1. The van der Waals surface area contributed by atoms with E-state index in [9.17, 15) is 13.6 Å². The fraction of sp³-hybridized carbons (Fsp3) is 0.381. The summed E-state index contributed by atoms with van der Waals surface area (Å²) >= 11 is 3.47. The molecule has 0 spiro atoms. The van der Waals surface area contributed by atoms with Gasteiger partial charge in [0.25, 0.3) is 0 Å². The molecule has 0 saturated heterocycles. The molecule has 1 amide bonds. The number of rotatable bonds is 3. The highest BCUT2D eigenvalue weighted by Gasteiger charge is 2.31. The fourth-order valence-electron chi connectivity index (χ4n) is 4.22. The van der Waals surface area contributed by atoms with Crippen LogP contribution < -0.4 is 11.1 Å². The van der Waals surface area contributed by atoms with Gasteiger partial charge in [-0.25, -0.2) is 8.78 Å². The SMILES string of the molecule is NC(CC(=O)N1CCNc2cc(Br)ccc2C1)C1CCc2cc(F)c(F)cc21. The molecule has 3 N–H and O–H groups in total. The van der Waals surface area contributed by atoms with Crippen LogP contribution in [0, 0.1) is 11.6 Å². The Hall–Kier alpha value is -1.99. The van der Waals surface area contributed by atoms with Crippen LogP contribution in [0.15, 0.2) is 34.8 Å². The third-order valence-corrected chi connectivity index (χ3v) is 6.21. The van der Waals surface area contributed by atoms with E-state index < -0.39 is 17.7 Å². The Labute approximate surface area is 171 Å². The largest absolute Gasteiger partial charge is 0.383 e. The number of carbonyl (C=O) groups is 1. The lowest BCUT2D eigenvalue weighted by atomic mass is 9.91. The zero-order valence-electron chi connectivity index (χ0n) is 15.4. The first kappa shape index (κ1) is 19.3. The van der Waals surface area contributed by atoms with Gasteiger partial charge in [0.15, 0.2) is 11.6 Å². The van der Waals surface area contributed by atoms with Crippen LogP contribution >= 0.6 is 15.9 Å². The molecule has 2 atom stereocenters. The highest BCUT2D eigenvalue weighted by atomic mass is 79.9. The monoisotopic (exact) mass is 449 g/mol. The zero-order valence-corrected chi connectivity index (χ0v) is 16.9. The van der Waals surface area contributed by atoms with Gasteiger partial charge < -0.3 is 16.0 Å². The second-order valence-electron chi connectivity index (χ2n) is 7.52. The molecule has 28 heavy (non-hydrogen) atoms. The summed E-state index contributed by atoms with van der Waals surface area (Å²) in [5.41, 5.74) is 9.98. The average Bonchev–Trinajstić information content (AvgIpc) is 2.93. The molecular weight excluding hydrogens is 428 g/mol. The topological polar surface area (TPSA) is 58.4 Å². The van der Waals surface area contributed by atoms with Gasteiger partial charge in [0, 0.05) is 48.2 Å². The van der Waals surface area contributed by atoms with Crippen molar-refractivity contribution >= 4 is 27.5 Å². The van der Waals surface area contributed by atoms with Crippen molar-refractivity contribution < 1.29 is 13.6 Å². The lowest BCUT2D eigenvalue weighted by Crippen LogP contribution is -2.38. The maximum atomic E-state index is 13.7. The predicted molar refractivity (Wildman–Crippen MR) is 108 cm³/mol. The molecule has 0 bridgehead atoms. The number of carbonyl (C=O) groups excluding carboxylic acids is 1. The molecule has 0 fully saturated rings. The molecule has 2 unspecified atom stereocenters. The minimum absolute atomic E-state index is 0.0129. The first-order chi connectivity index (χ1) is 13.4. The van der Waals surface area contributed by atoms with E-state index >= 15 is 0 Å². The Morgan fingerprint density at radius 1 is 1.25 bits per heavy atom. The molecule has 0 aromatic heterocycles. The highest BCUT2D eigenvalue weighted by molar-refractivity contribution is 9.10. The number of benzene rings is 2. The Morgan fingerprint density at radius 3 is 2.86 bits per heavy atom. The second kappa shape index (κ2) is 7.79. The maximum Gasteiger partial charge on any atom is 0.224 e. The van der Waals surface area contributed by atoms with Gasteiger partial charge >= 0.3 is 0 Å². The van der Waals surface area contributed by atoms with E-state index in [1.807, 2.05) is 23.1 Å². The normalized spacial score (nSPS) is 19.4. The molecule has 2 aliphatic rings. The van der Waals surface area contributed by atoms with Crippen LogP contribution in [0.4, 0.5) is 14.5 Å².